The molecule has 8 heteroatoms. The largest absolute Gasteiger partial charge is 0.496 e. The average molecular weight is 392 g/mol. The van der Waals surface area contributed by atoms with E-state index in [9.17, 15) is 9.59 Å². The molecule has 3 rings (SSSR count). The molecule has 0 radical (unpaired) electrons. The first-order chi connectivity index (χ1) is 12.5. The van der Waals surface area contributed by atoms with E-state index in [2.05, 4.69) is 15.8 Å². The first-order valence-corrected chi connectivity index (χ1v) is 8.54. The Bertz CT molecular complexity index is 892. The van der Waals surface area contributed by atoms with Crippen LogP contribution in [0.25, 0.3) is 0 Å². The fourth-order valence-electron chi connectivity index (χ4n) is 2.58. The third kappa shape index (κ3) is 3.81. The second kappa shape index (κ2) is 7.76. The molecule has 134 valence electrons. The standard InChI is InChI=1S/C18H15Cl2N3O3/c1-26-15-9-10(5-6-11(15)14-7-8-16(24)23-22-14)21-18(25)17-12(19)3-2-4-13(17)20/h2-6,9H,7-8H2,1H3,(H,21,25)(H,23,24). The van der Waals surface area contributed by atoms with Gasteiger partial charge in [-0.2, -0.15) is 5.10 Å². The number of halogens is 2. The lowest BCUT2D eigenvalue weighted by molar-refractivity contribution is -0.121. The van der Waals surface area contributed by atoms with Crippen LogP contribution in [0, 0.1) is 0 Å². The van der Waals surface area contributed by atoms with Gasteiger partial charge in [0.2, 0.25) is 5.91 Å². The first-order valence-electron chi connectivity index (χ1n) is 7.78. The number of hydrogen-bond donors (Lipinski definition) is 2. The van der Waals surface area contributed by atoms with Crippen LogP contribution in [0.2, 0.25) is 10.0 Å². The van der Waals surface area contributed by atoms with Crippen molar-refractivity contribution in [3.63, 3.8) is 0 Å². The molecule has 0 saturated carbocycles. The van der Waals surface area contributed by atoms with Gasteiger partial charge >= 0.3 is 0 Å². The number of benzene rings is 2. The zero-order valence-electron chi connectivity index (χ0n) is 13.8. The third-order valence-electron chi connectivity index (χ3n) is 3.86. The van der Waals surface area contributed by atoms with Crippen molar-refractivity contribution >= 4 is 46.4 Å². The molecule has 0 fully saturated rings. The summed E-state index contributed by atoms with van der Waals surface area (Å²) in [7, 11) is 1.53. The normalized spacial score (nSPS) is 13.7. The smallest absolute Gasteiger partial charge is 0.258 e. The minimum absolute atomic E-state index is 0.117. The van der Waals surface area contributed by atoms with Crippen molar-refractivity contribution < 1.29 is 14.3 Å². The molecule has 1 aliphatic heterocycles. The Hall–Kier alpha value is -2.57. The Kier molecular flexibility index (Phi) is 5.44. The van der Waals surface area contributed by atoms with Crippen molar-refractivity contribution in [2.75, 3.05) is 12.4 Å². The van der Waals surface area contributed by atoms with E-state index < -0.39 is 5.91 Å². The number of nitrogens with zero attached hydrogens (tertiary/aromatic N) is 1. The van der Waals surface area contributed by atoms with Crippen molar-refractivity contribution in [1.82, 2.24) is 5.43 Å². The molecule has 1 heterocycles. The number of carbonyl (C=O) groups excluding carboxylic acids is 2. The summed E-state index contributed by atoms with van der Waals surface area (Å²) in [4.78, 5) is 23.7. The Labute approximate surface area is 160 Å². The van der Waals surface area contributed by atoms with Gasteiger partial charge in [0, 0.05) is 30.2 Å². The summed E-state index contributed by atoms with van der Waals surface area (Å²) in [5.74, 6) is -0.00570. The Morgan fingerprint density at radius 3 is 2.54 bits per heavy atom. The molecule has 0 unspecified atom stereocenters. The lowest BCUT2D eigenvalue weighted by atomic mass is 10.0. The van der Waals surface area contributed by atoms with Crippen LogP contribution in [0.5, 0.6) is 5.75 Å². The molecular weight excluding hydrogens is 377 g/mol. The van der Waals surface area contributed by atoms with Crippen LogP contribution in [0.15, 0.2) is 41.5 Å². The highest BCUT2D eigenvalue weighted by molar-refractivity contribution is 6.40. The lowest BCUT2D eigenvalue weighted by Crippen LogP contribution is -2.26. The maximum atomic E-state index is 12.5. The summed E-state index contributed by atoms with van der Waals surface area (Å²) in [6.07, 6.45) is 0.884. The van der Waals surface area contributed by atoms with Gasteiger partial charge in [0.05, 0.1) is 28.4 Å². The summed E-state index contributed by atoms with van der Waals surface area (Å²) >= 11 is 12.1. The molecule has 0 atom stereocenters. The molecule has 26 heavy (non-hydrogen) atoms. The fraction of sp³-hybridized carbons (Fsp3) is 0.167. The van der Waals surface area contributed by atoms with E-state index in [0.29, 0.717) is 30.0 Å². The second-order valence-corrected chi connectivity index (χ2v) is 6.37. The molecule has 0 spiro atoms. The molecule has 1 aliphatic rings. The van der Waals surface area contributed by atoms with Crippen molar-refractivity contribution in [2.45, 2.75) is 12.8 Å². The van der Waals surface area contributed by atoms with E-state index in [-0.39, 0.29) is 21.5 Å². The van der Waals surface area contributed by atoms with Gasteiger partial charge in [-0.25, -0.2) is 5.43 Å². The second-order valence-electron chi connectivity index (χ2n) is 5.56. The van der Waals surface area contributed by atoms with Crippen LogP contribution in [0.1, 0.15) is 28.8 Å². The van der Waals surface area contributed by atoms with E-state index in [4.69, 9.17) is 27.9 Å². The van der Waals surface area contributed by atoms with Crippen LogP contribution < -0.4 is 15.5 Å². The molecule has 2 aromatic rings. The number of hydrogen-bond acceptors (Lipinski definition) is 4. The molecule has 0 aromatic heterocycles. The Morgan fingerprint density at radius 2 is 1.92 bits per heavy atom. The van der Waals surface area contributed by atoms with E-state index in [1.54, 1.807) is 36.4 Å². The van der Waals surface area contributed by atoms with Crippen molar-refractivity contribution in [3.05, 3.63) is 57.6 Å². The van der Waals surface area contributed by atoms with Crippen molar-refractivity contribution in [1.29, 1.82) is 0 Å². The fourth-order valence-corrected chi connectivity index (χ4v) is 3.15. The number of amides is 2. The zero-order valence-corrected chi connectivity index (χ0v) is 15.3. The molecule has 6 nitrogen and oxygen atoms in total. The maximum absolute atomic E-state index is 12.5. The highest BCUT2D eigenvalue weighted by Gasteiger charge is 2.19. The van der Waals surface area contributed by atoms with Gasteiger partial charge in [-0.15, -0.1) is 0 Å². The van der Waals surface area contributed by atoms with E-state index in [0.717, 1.165) is 5.56 Å². The number of rotatable bonds is 4. The van der Waals surface area contributed by atoms with Gasteiger partial charge in [0.1, 0.15) is 5.75 Å². The quantitative estimate of drug-likeness (QED) is 0.829. The van der Waals surface area contributed by atoms with Crippen LogP contribution >= 0.6 is 23.2 Å². The SMILES string of the molecule is COc1cc(NC(=O)c2c(Cl)cccc2Cl)ccc1C1=NNC(=O)CC1. The summed E-state index contributed by atoms with van der Waals surface area (Å²) in [6, 6.07) is 10.0. The summed E-state index contributed by atoms with van der Waals surface area (Å²) in [5, 5.41) is 7.36. The average Bonchev–Trinajstić information content (AvgIpc) is 2.62. The van der Waals surface area contributed by atoms with Gasteiger partial charge in [0.15, 0.2) is 0 Å². The maximum Gasteiger partial charge on any atom is 0.258 e. The molecule has 2 amide bonds. The van der Waals surface area contributed by atoms with Crippen LogP contribution in [0.4, 0.5) is 5.69 Å². The molecular formula is C18H15Cl2N3O3. The van der Waals surface area contributed by atoms with Gasteiger partial charge in [-0.1, -0.05) is 29.3 Å². The van der Waals surface area contributed by atoms with E-state index in [1.165, 1.54) is 7.11 Å². The first kappa shape index (κ1) is 18.2. The van der Waals surface area contributed by atoms with E-state index in [1.807, 2.05) is 0 Å². The van der Waals surface area contributed by atoms with Crippen LogP contribution in [-0.2, 0) is 4.79 Å². The number of nitrogens with one attached hydrogen (secondary N) is 2. The highest BCUT2D eigenvalue weighted by atomic mass is 35.5. The molecule has 2 aromatic carbocycles. The summed E-state index contributed by atoms with van der Waals surface area (Å²) in [5.41, 5.74) is 4.65. The minimum atomic E-state index is -0.419. The van der Waals surface area contributed by atoms with Crippen LogP contribution in [-0.4, -0.2) is 24.6 Å². The topological polar surface area (TPSA) is 79.8 Å². The molecule has 2 N–H and O–H groups in total. The minimum Gasteiger partial charge on any atom is -0.496 e. The molecule has 0 bridgehead atoms. The summed E-state index contributed by atoms with van der Waals surface area (Å²) < 4.78 is 5.40. The van der Waals surface area contributed by atoms with Crippen molar-refractivity contribution in [3.8, 4) is 5.75 Å². The summed E-state index contributed by atoms with van der Waals surface area (Å²) in [6.45, 7) is 0. The number of hydrazone groups is 1. The van der Waals surface area contributed by atoms with Gasteiger partial charge in [-0.05, 0) is 24.3 Å². The van der Waals surface area contributed by atoms with Gasteiger partial charge in [0.25, 0.3) is 5.91 Å². The van der Waals surface area contributed by atoms with Gasteiger partial charge in [-0.3, -0.25) is 9.59 Å². The Morgan fingerprint density at radius 1 is 1.19 bits per heavy atom. The predicted molar refractivity (Wildman–Crippen MR) is 101 cm³/mol. The zero-order chi connectivity index (χ0) is 18.7. The van der Waals surface area contributed by atoms with E-state index >= 15 is 0 Å². The number of ether oxygens (including phenoxy) is 1. The Balaban J connectivity index is 1.86. The number of anilines is 1. The molecule has 0 saturated heterocycles. The highest BCUT2D eigenvalue weighted by Crippen LogP contribution is 2.28. The monoisotopic (exact) mass is 391 g/mol. The number of methoxy groups -OCH3 is 1. The van der Waals surface area contributed by atoms with Crippen molar-refractivity contribution in [2.24, 2.45) is 5.10 Å². The molecule has 0 aliphatic carbocycles. The number of carbonyl (C=O) groups is 2. The third-order valence-corrected chi connectivity index (χ3v) is 4.49. The van der Waals surface area contributed by atoms with Gasteiger partial charge < -0.3 is 10.1 Å². The predicted octanol–water partition coefficient (Wildman–Crippen LogP) is 3.87. The van der Waals surface area contributed by atoms with Crippen LogP contribution in [0.3, 0.4) is 0 Å². The lowest BCUT2D eigenvalue weighted by Gasteiger charge is -2.16.